The average molecular weight is 341 g/mol. The average Bonchev–Trinajstić information content (AvgIpc) is 2.62. The Hall–Kier alpha value is -3.02. The van der Waals surface area contributed by atoms with Crippen molar-refractivity contribution in [2.24, 2.45) is 0 Å². The lowest BCUT2D eigenvalue weighted by Gasteiger charge is -2.17. The number of hydrogen-bond donors (Lipinski definition) is 3. The molecular weight excluding hydrogens is 318 g/mol. The van der Waals surface area contributed by atoms with Crippen molar-refractivity contribution in [3.63, 3.8) is 0 Å². The van der Waals surface area contributed by atoms with Crippen LogP contribution in [0, 0.1) is 0 Å². The zero-order chi connectivity index (χ0) is 18.1. The summed E-state index contributed by atoms with van der Waals surface area (Å²) in [5.41, 5.74) is 1.61. The SMILES string of the molecule is COc1ccccc1[C@H](C)NC(=O)CCNC(=O)Nc1ccccc1. The molecule has 0 bridgehead atoms. The van der Waals surface area contributed by atoms with Crippen molar-refractivity contribution in [3.05, 3.63) is 60.2 Å². The van der Waals surface area contributed by atoms with Gasteiger partial charge < -0.3 is 20.7 Å². The molecule has 132 valence electrons. The van der Waals surface area contributed by atoms with Gasteiger partial charge in [0.05, 0.1) is 13.2 Å². The zero-order valence-corrected chi connectivity index (χ0v) is 14.4. The van der Waals surface area contributed by atoms with E-state index in [1.165, 1.54) is 0 Å². The van der Waals surface area contributed by atoms with Crippen LogP contribution in [0.25, 0.3) is 0 Å². The van der Waals surface area contributed by atoms with E-state index < -0.39 is 0 Å². The number of methoxy groups -OCH3 is 1. The first-order chi connectivity index (χ1) is 12.1. The van der Waals surface area contributed by atoms with Crippen LogP contribution in [-0.4, -0.2) is 25.6 Å². The summed E-state index contributed by atoms with van der Waals surface area (Å²) in [6, 6.07) is 16.2. The minimum absolute atomic E-state index is 0.140. The molecule has 25 heavy (non-hydrogen) atoms. The molecule has 2 rings (SSSR count). The summed E-state index contributed by atoms with van der Waals surface area (Å²) in [6.07, 6.45) is 0.196. The van der Waals surface area contributed by atoms with Crippen LogP contribution in [0.3, 0.4) is 0 Å². The first-order valence-electron chi connectivity index (χ1n) is 8.12. The number of nitrogens with one attached hydrogen (secondary N) is 3. The van der Waals surface area contributed by atoms with E-state index in [1.54, 1.807) is 19.2 Å². The van der Waals surface area contributed by atoms with Crippen LogP contribution in [0.4, 0.5) is 10.5 Å². The van der Waals surface area contributed by atoms with Gasteiger partial charge in [0.2, 0.25) is 5.91 Å². The van der Waals surface area contributed by atoms with Crippen LogP contribution >= 0.6 is 0 Å². The summed E-state index contributed by atoms with van der Waals surface area (Å²) in [6.45, 7) is 2.15. The molecule has 0 spiro atoms. The molecular formula is C19H23N3O3. The Labute approximate surface area is 147 Å². The third-order valence-corrected chi connectivity index (χ3v) is 3.65. The summed E-state index contributed by atoms with van der Waals surface area (Å²) in [5.74, 6) is 0.592. The molecule has 0 saturated heterocycles. The topological polar surface area (TPSA) is 79.5 Å². The number of urea groups is 1. The lowest BCUT2D eigenvalue weighted by molar-refractivity contribution is -0.121. The van der Waals surface area contributed by atoms with Crippen molar-refractivity contribution in [2.45, 2.75) is 19.4 Å². The molecule has 0 aromatic heterocycles. The Bertz CT molecular complexity index is 704. The molecule has 3 N–H and O–H groups in total. The molecule has 2 aromatic carbocycles. The van der Waals surface area contributed by atoms with Crippen molar-refractivity contribution >= 4 is 17.6 Å². The molecule has 6 nitrogen and oxygen atoms in total. The molecule has 0 aliphatic rings. The van der Waals surface area contributed by atoms with Gasteiger partial charge in [-0.1, -0.05) is 36.4 Å². The van der Waals surface area contributed by atoms with Crippen molar-refractivity contribution in [1.29, 1.82) is 0 Å². The molecule has 0 saturated carbocycles. The molecule has 0 aliphatic heterocycles. The summed E-state index contributed by atoms with van der Waals surface area (Å²) in [4.78, 5) is 23.8. The third kappa shape index (κ3) is 5.84. The van der Waals surface area contributed by atoms with Crippen LogP contribution in [-0.2, 0) is 4.79 Å². The van der Waals surface area contributed by atoms with Crippen molar-refractivity contribution < 1.29 is 14.3 Å². The Morgan fingerprint density at radius 3 is 2.44 bits per heavy atom. The number of anilines is 1. The van der Waals surface area contributed by atoms with Gasteiger partial charge in [-0.3, -0.25) is 4.79 Å². The second-order valence-corrected chi connectivity index (χ2v) is 5.53. The summed E-state index contributed by atoms with van der Waals surface area (Å²) >= 11 is 0. The number of carbonyl (C=O) groups is 2. The van der Waals surface area contributed by atoms with Gasteiger partial charge in [-0.25, -0.2) is 4.79 Å². The highest BCUT2D eigenvalue weighted by Gasteiger charge is 2.13. The zero-order valence-electron chi connectivity index (χ0n) is 14.4. The first-order valence-corrected chi connectivity index (χ1v) is 8.12. The Morgan fingerprint density at radius 2 is 1.72 bits per heavy atom. The number of ether oxygens (including phenoxy) is 1. The van der Waals surface area contributed by atoms with E-state index in [1.807, 2.05) is 49.4 Å². The van der Waals surface area contributed by atoms with Crippen LogP contribution in [0.5, 0.6) is 5.75 Å². The number of para-hydroxylation sites is 2. The lowest BCUT2D eigenvalue weighted by atomic mass is 10.1. The highest BCUT2D eigenvalue weighted by molar-refractivity contribution is 5.89. The van der Waals surface area contributed by atoms with E-state index in [0.29, 0.717) is 5.69 Å². The van der Waals surface area contributed by atoms with Gasteiger partial charge in [0.25, 0.3) is 0 Å². The Morgan fingerprint density at radius 1 is 1.04 bits per heavy atom. The highest BCUT2D eigenvalue weighted by atomic mass is 16.5. The second kappa shape index (κ2) is 9.32. The molecule has 3 amide bonds. The van der Waals surface area contributed by atoms with Gasteiger partial charge in [0, 0.05) is 24.2 Å². The molecule has 2 aromatic rings. The second-order valence-electron chi connectivity index (χ2n) is 5.53. The fourth-order valence-corrected chi connectivity index (χ4v) is 2.40. The fourth-order valence-electron chi connectivity index (χ4n) is 2.40. The number of hydrogen-bond acceptors (Lipinski definition) is 3. The van der Waals surface area contributed by atoms with Gasteiger partial charge in [0.1, 0.15) is 5.75 Å². The predicted molar refractivity (Wildman–Crippen MR) is 97.6 cm³/mol. The van der Waals surface area contributed by atoms with Crippen molar-refractivity contribution in [2.75, 3.05) is 19.0 Å². The van der Waals surface area contributed by atoms with Crippen molar-refractivity contribution in [3.8, 4) is 5.75 Å². The molecule has 0 radical (unpaired) electrons. The minimum Gasteiger partial charge on any atom is -0.496 e. The maximum atomic E-state index is 12.0. The largest absolute Gasteiger partial charge is 0.496 e. The first kappa shape index (κ1) is 18.3. The van der Waals surface area contributed by atoms with Gasteiger partial charge in [-0.2, -0.15) is 0 Å². The smallest absolute Gasteiger partial charge is 0.319 e. The maximum Gasteiger partial charge on any atom is 0.319 e. The monoisotopic (exact) mass is 341 g/mol. The normalized spacial score (nSPS) is 11.3. The summed E-state index contributed by atoms with van der Waals surface area (Å²) < 4.78 is 5.30. The van der Waals surface area contributed by atoms with E-state index in [9.17, 15) is 9.59 Å². The van der Waals surface area contributed by atoms with Gasteiger partial charge in [0.15, 0.2) is 0 Å². The predicted octanol–water partition coefficient (Wildman–Crippen LogP) is 3.08. The van der Waals surface area contributed by atoms with Crippen LogP contribution in [0.2, 0.25) is 0 Å². The molecule has 0 unspecified atom stereocenters. The van der Waals surface area contributed by atoms with Crippen molar-refractivity contribution in [1.82, 2.24) is 10.6 Å². The fraction of sp³-hybridized carbons (Fsp3) is 0.263. The summed E-state index contributed by atoms with van der Waals surface area (Å²) in [5, 5.41) is 8.26. The molecule has 0 heterocycles. The number of benzene rings is 2. The number of rotatable bonds is 7. The number of carbonyl (C=O) groups excluding carboxylic acids is 2. The maximum absolute atomic E-state index is 12.0. The van der Waals surface area contributed by atoms with Gasteiger partial charge in [-0.15, -0.1) is 0 Å². The Balaban J connectivity index is 1.74. The molecule has 6 heteroatoms. The van der Waals surface area contributed by atoms with Crippen LogP contribution < -0.4 is 20.7 Å². The number of amides is 3. The lowest BCUT2D eigenvalue weighted by Crippen LogP contribution is -2.34. The quantitative estimate of drug-likeness (QED) is 0.724. The van der Waals surface area contributed by atoms with E-state index in [0.717, 1.165) is 11.3 Å². The summed E-state index contributed by atoms with van der Waals surface area (Å²) in [7, 11) is 1.60. The van der Waals surface area contributed by atoms with E-state index >= 15 is 0 Å². The van der Waals surface area contributed by atoms with E-state index in [2.05, 4.69) is 16.0 Å². The molecule has 1 atom stereocenters. The Kier molecular flexibility index (Phi) is 6.83. The van der Waals surface area contributed by atoms with Crippen LogP contribution in [0.15, 0.2) is 54.6 Å². The third-order valence-electron chi connectivity index (χ3n) is 3.65. The van der Waals surface area contributed by atoms with Crippen LogP contribution in [0.1, 0.15) is 24.9 Å². The highest BCUT2D eigenvalue weighted by Crippen LogP contribution is 2.24. The van der Waals surface area contributed by atoms with Gasteiger partial charge in [-0.05, 0) is 25.1 Å². The minimum atomic E-state index is -0.336. The molecule has 0 fully saturated rings. The molecule has 0 aliphatic carbocycles. The standard InChI is InChI=1S/C19H23N3O3/c1-14(16-10-6-7-11-17(16)25-2)21-18(23)12-13-20-19(24)22-15-8-4-3-5-9-15/h3-11,14H,12-13H2,1-2H3,(H,21,23)(H2,20,22,24)/t14-/m0/s1. The van der Waals surface area contributed by atoms with E-state index in [-0.39, 0.29) is 30.9 Å². The van der Waals surface area contributed by atoms with Gasteiger partial charge >= 0.3 is 6.03 Å². The van der Waals surface area contributed by atoms with E-state index in [4.69, 9.17) is 4.74 Å².